The molecular weight excluding hydrogens is 711 g/mol. The number of aromatic nitrogens is 2. The maximum absolute atomic E-state index is 13.5. The van der Waals surface area contributed by atoms with Gasteiger partial charge in [-0.25, -0.2) is 27.5 Å². The molecule has 0 bridgehead atoms. The summed E-state index contributed by atoms with van der Waals surface area (Å²) in [5.41, 5.74) is 0.810. The van der Waals surface area contributed by atoms with Crippen molar-refractivity contribution in [1.29, 1.82) is 0 Å². The van der Waals surface area contributed by atoms with Crippen molar-refractivity contribution >= 4 is 27.9 Å². The van der Waals surface area contributed by atoms with Gasteiger partial charge < -0.3 is 14.8 Å². The molecule has 1 N–H and O–H groups in total. The number of alkyl halides is 3. The lowest BCUT2D eigenvalue weighted by Gasteiger charge is -2.23. The summed E-state index contributed by atoms with van der Waals surface area (Å²) in [4.78, 5) is 43.3. The summed E-state index contributed by atoms with van der Waals surface area (Å²) in [6, 6.07) is 17.9. The molecule has 3 amide bonds. The van der Waals surface area contributed by atoms with Gasteiger partial charge in [0, 0.05) is 5.56 Å². The molecule has 5 rings (SSSR count). The lowest BCUT2D eigenvalue weighted by molar-refractivity contribution is -0.718. The second-order valence-electron chi connectivity index (χ2n) is 11.7. The number of halogens is 3. The predicted octanol–water partition coefficient (Wildman–Crippen LogP) is 5.44. The lowest BCUT2D eigenvalue weighted by Crippen LogP contribution is -2.42. The average molecular weight is 744 g/mol. The number of amides is 3. The molecule has 0 saturated carbocycles. The molecule has 274 valence electrons. The number of hydrogen-bond donors (Lipinski definition) is 1. The van der Waals surface area contributed by atoms with E-state index in [4.69, 9.17) is 9.57 Å². The number of sulfonamides is 1. The molecule has 1 unspecified atom stereocenters. The standard InChI is InChI=1S/C33H32F3N7O8S/c1-20(2)40(43(47)39-51-22(4)41-30(44)26-7-5-6-8-27(26)31(41)45)17-18-50-32(46)38-52(48,49)25-15-13-24(14-16-25)42-28(19-29(37-42)33(34,35)36)23-11-9-21(3)10-12-23/h5-16,19-20,22H,17-18H2,1-4H3,(H,38,46). The van der Waals surface area contributed by atoms with Crippen molar-refractivity contribution in [2.24, 2.45) is 5.28 Å². The SMILES string of the molecule is Cc1ccc(-c2cc(C(F)(F)F)nn2-c2ccc(S(=O)(=O)NC(=O)OCCN(C(C)C)[N+]([O-])=NOC(C)N3C(=O)c4ccccc4C3=O)cc2)cc1. The van der Waals surface area contributed by atoms with Gasteiger partial charge in [0.2, 0.25) is 11.5 Å². The number of nitrogens with zero attached hydrogens (tertiary/aromatic N) is 6. The molecule has 1 aromatic heterocycles. The molecule has 52 heavy (non-hydrogen) atoms. The minimum Gasteiger partial charge on any atom is -0.569 e. The Bertz CT molecular complexity index is 2080. The van der Waals surface area contributed by atoms with Gasteiger partial charge in [-0.1, -0.05) is 42.0 Å². The highest BCUT2D eigenvalue weighted by molar-refractivity contribution is 7.90. The Labute approximate surface area is 295 Å². The molecular formula is C33H32F3N7O8S. The Morgan fingerprint density at radius 1 is 1.00 bits per heavy atom. The van der Waals surface area contributed by atoms with Gasteiger partial charge in [-0.15, -0.1) is 5.01 Å². The third-order valence-corrected chi connectivity index (χ3v) is 9.11. The fourth-order valence-corrected chi connectivity index (χ4v) is 6.02. The van der Waals surface area contributed by atoms with Crippen LogP contribution in [0.3, 0.4) is 0 Å². The summed E-state index contributed by atoms with van der Waals surface area (Å²) in [6.45, 7) is 5.64. The molecule has 0 aliphatic carbocycles. The van der Waals surface area contributed by atoms with Crippen LogP contribution in [0.25, 0.3) is 16.9 Å². The molecule has 0 spiro atoms. The number of nitrogens with one attached hydrogen (secondary N) is 1. The highest BCUT2D eigenvalue weighted by Gasteiger charge is 2.40. The fraction of sp³-hybridized carbons (Fsp3) is 0.273. The summed E-state index contributed by atoms with van der Waals surface area (Å²) >= 11 is 0. The van der Waals surface area contributed by atoms with Crippen molar-refractivity contribution in [3.8, 4) is 16.9 Å². The molecule has 1 atom stereocenters. The van der Waals surface area contributed by atoms with E-state index >= 15 is 0 Å². The van der Waals surface area contributed by atoms with Gasteiger partial charge in [-0.3, -0.25) is 9.59 Å². The molecule has 3 aromatic carbocycles. The Morgan fingerprint density at radius 2 is 1.60 bits per heavy atom. The predicted molar refractivity (Wildman–Crippen MR) is 176 cm³/mol. The number of carbonyl (C=O) groups is 3. The van der Waals surface area contributed by atoms with Crippen LogP contribution in [0.2, 0.25) is 0 Å². The van der Waals surface area contributed by atoms with Crippen LogP contribution in [0, 0.1) is 12.1 Å². The van der Waals surface area contributed by atoms with Gasteiger partial charge in [-0.2, -0.15) is 18.3 Å². The van der Waals surface area contributed by atoms with Crippen LogP contribution in [0.1, 0.15) is 52.7 Å². The number of carbonyl (C=O) groups excluding carboxylic acids is 3. The number of aryl methyl sites for hydroxylation is 1. The zero-order valence-electron chi connectivity index (χ0n) is 28.1. The summed E-state index contributed by atoms with van der Waals surface area (Å²) in [7, 11) is -4.50. The molecule has 0 radical (unpaired) electrons. The molecule has 1 aliphatic rings. The smallest absolute Gasteiger partial charge is 0.435 e. The van der Waals surface area contributed by atoms with Gasteiger partial charge in [0.1, 0.15) is 13.2 Å². The van der Waals surface area contributed by atoms with Crippen LogP contribution in [-0.2, 0) is 25.8 Å². The number of rotatable bonds is 12. The van der Waals surface area contributed by atoms with Crippen molar-refractivity contribution in [2.75, 3.05) is 13.2 Å². The zero-order chi connectivity index (χ0) is 38.0. The number of benzene rings is 3. The average Bonchev–Trinajstić information content (AvgIpc) is 3.65. The van der Waals surface area contributed by atoms with E-state index in [1.165, 1.54) is 31.2 Å². The van der Waals surface area contributed by atoms with E-state index in [-0.39, 0.29) is 34.0 Å². The largest absolute Gasteiger partial charge is 0.569 e. The second kappa shape index (κ2) is 14.7. The van der Waals surface area contributed by atoms with Crippen LogP contribution < -0.4 is 4.72 Å². The van der Waals surface area contributed by atoms with E-state index < -0.39 is 63.6 Å². The first-order valence-electron chi connectivity index (χ1n) is 15.6. The van der Waals surface area contributed by atoms with Crippen LogP contribution in [0.15, 0.2) is 89.0 Å². The summed E-state index contributed by atoms with van der Waals surface area (Å²) in [5, 5.41) is 20.9. The lowest BCUT2D eigenvalue weighted by atomic mass is 10.1. The van der Waals surface area contributed by atoms with Crippen LogP contribution in [0.4, 0.5) is 18.0 Å². The molecule has 0 fully saturated rings. The van der Waals surface area contributed by atoms with E-state index in [0.29, 0.717) is 5.56 Å². The third-order valence-electron chi connectivity index (χ3n) is 7.78. The van der Waals surface area contributed by atoms with Gasteiger partial charge >= 0.3 is 12.3 Å². The number of hydrogen-bond acceptors (Lipinski definition) is 10. The molecule has 1 aliphatic heterocycles. The van der Waals surface area contributed by atoms with Crippen molar-refractivity contribution in [1.82, 2.24) is 24.4 Å². The number of hydrazine groups is 1. The third kappa shape index (κ3) is 7.98. The first kappa shape index (κ1) is 37.3. The normalized spacial score (nSPS) is 14.0. The van der Waals surface area contributed by atoms with Crippen molar-refractivity contribution < 1.29 is 50.5 Å². The van der Waals surface area contributed by atoms with E-state index in [1.54, 1.807) is 55.0 Å². The van der Waals surface area contributed by atoms with Gasteiger partial charge in [0.25, 0.3) is 21.8 Å². The molecule has 15 nitrogen and oxygen atoms in total. The highest BCUT2D eigenvalue weighted by atomic mass is 32.2. The molecule has 2 heterocycles. The van der Waals surface area contributed by atoms with Crippen LogP contribution in [-0.4, -0.2) is 76.4 Å². The number of fused-ring (bicyclic) bond motifs is 1. The first-order valence-corrected chi connectivity index (χ1v) is 17.1. The number of ether oxygens (including phenoxy) is 1. The van der Waals surface area contributed by atoms with Crippen molar-refractivity contribution in [3.05, 3.63) is 106 Å². The molecule has 19 heteroatoms. The quantitative estimate of drug-likeness (QED) is 0.0850. The Kier molecular flexibility index (Phi) is 10.5. The summed E-state index contributed by atoms with van der Waals surface area (Å²) in [6.07, 6.45) is -7.35. The van der Waals surface area contributed by atoms with E-state index in [2.05, 4.69) is 10.4 Å². The Balaban J connectivity index is 1.19. The minimum absolute atomic E-state index is 0.0421. The van der Waals surface area contributed by atoms with Crippen LogP contribution in [0.5, 0.6) is 0 Å². The summed E-state index contributed by atoms with van der Waals surface area (Å²) in [5.74, 6) is -1.23. The van der Waals surface area contributed by atoms with Crippen molar-refractivity contribution in [2.45, 2.75) is 51.0 Å². The number of imide groups is 1. The van der Waals surface area contributed by atoms with Crippen LogP contribution >= 0.6 is 0 Å². The van der Waals surface area contributed by atoms with E-state index in [0.717, 1.165) is 38.4 Å². The van der Waals surface area contributed by atoms with Gasteiger partial charge in [-0.05, 0) is 70.2 Å². The second-order valence-corrected chi connectivity index (χ2v) is 13.4. The van der Waals surface area contributed by atoms with Gasteiger partial charge in [0.15, 0.2) is 5.69 Å². The molecule has 4 aromatic rings. The Hall–Kier alpha value is -5.98. The monoisotopic (exact) mass is 743 g/mol. The maximum Gasteiger partial charge on any atom is 0.435 e. The molecule has 0 saturated heterocycles. The Morgan fingerprint density at radius 3 is 2.15 bits per heavy atom. The minimum atomic E-state index is -4.73. The maximum atomic E-state index is 13.5. The highest BCUT2D eigenvalue weighted by Crippen LogP contribution is 2.33. The van der Waals surface area contributed by atoms with Gasteiger partial charge in [0.05, 0.1) is 38.4 Å². The first-order chi connectivity index (χ1) is 24.5. The fourth-order valence-electron chi connectivity index (χ4n) is 5.12. The summed E-state index contributed by atoms with van der Waals surface area (Å²) < 4.78 is 74.2. The zero-order valence-corrected chi connectivity index (χ0v) is 28.9. The van der Waals surface area contributed by atoms with Crippen molar-refractivity contribution in [3.63, 3.8) is 0 Å². The van der Waals surface area contributed by atoms with E-state index in [1.807, 2.05) is 6.92 Å². The topological polar surface area (TPSA) is 179 Å². The van der Waals surface area contributed by atoms with E-state index in [9.17, 15) is 41.2 Å².